The summed E-state index contributed by atoms with van der Waals surface area (Å²) in [5.41, 5.74) is 1.15. The van der Waals surface area contributed by atoms with E-state index in [4.69, 9.17) is 16.3 Å². The fourth-order valence-corrected chi connectivity index (χ4v) is 3.13. The van der Waals surface area contributed by atoms with Gasteiger partial charge in [-0.1, -0.05) is 24.4 Å². The zero-order valence-electron chi connectivity index (χ0n) is 9.88. The molecule has 94 valence electrons. The zero-order valence-corrected chi connectivity index (χ0v) is 12.8. The zero-order chi connectivity index (χ0) is 12.3. The van der Waals surface area contributed by atoms with Crippen LogP contribution in [0.4, 0.5) is 0 Å². The molecule has 0 bridgehead atoms. The lowest BCUT2D eigenvalue weighted by Crippen LogP contribution is -2.08. The summed E-state index contributed by atoms with van der Waals surface area (Å²) in [6, 6.07) is 0. The highest BCUT2D eigenvalue weighted by Gasteiger charge is 2.23. The van der Waals surface area contributed by atoms with Crippen LogP contribution in [0.2, 0.25) is 5.15 Å². The number of methoxy groups -OCH3 is 1. The topological polar surface area (TPSA) is 35.0 Å². The molecule has 2 rings (SSSR count). The molecule has 1 aromatic heterocycles. The molecule has 1 aliphatic carbocycles. The molecule has 1 aliphatic rings. The Balaban J connectivity index is 2.25. The molecule has 1 saturated carbocycles. The number of aromatic nitrogens is 2. The van der Waals surface area contributed by atoms with Crippen molar-refractivity contribution in [1.29, 1.82) is 0 Å². The third kappa shape index (κ3) is 3.29. The second-order valence-corrected chi connectivity index (χ2v) is 5.79. The van der Waals surface area contributed by atoms with Gasteiger partial charge in [-0.15, -0.1) is 0 Å². The van der Waals surface area contributed by atoms with Crippen molar-refractivity contribution in [1.82, 2.24) is 9.97 Å². The van der Waals surface area contributed by atoms with E-state index in [1.807, 2.05) is 0 Å². The van der Waals surface area contributed by atoms with E-state index in [0.717, 1.165) is 21.5 Å². The molecule has 1 heterocycles. The monoisotopic (exact) mass is 366 g/mol. The number of hydrogen-bond donors (Lipinski definition) is 0. The van der Waals surface area contributed by atoms with Gasteiger partial charge in [0.25, 0.3) is 0 Å². The van der Waals surface area contributed by atoms with Crippen LogP contribution in [-0.4, -0.2) is 23.7 Å². The van der Waals surface area contributed by atoms with Gasteiger partial charge < -0.3 is 4.74 Å². The fraction of sp³-hybridized carbons (Fsp3) is 0.667. The number of ether oxygens (including phenoxy) is 1. The minimum absolute atomic E-state index is 0.573. The standard InChI is InChI=1S/C12H16ClIN2O/c1-17-7-6-9-15-11(8-4-2-3-5-8)10(14)12(13)16-9/h8H,2-7H2,1H3. The van der Waals surface area contributed by atoms with E-state index in [1.54, 1.807) is 7.11 Å². The van der Waals surface area contributed by atoms with Crippen LogP contribution >= 0.6 is 34.2 Å². The highest BCUT2D eigenvalue weighted by atomic mass is 127. The van der Waals surface area contributed by atoms with Gasteiger partial charge in [0.2, 0.25) is 0 Å². The Bertz CT molecular complexity index is 394. The van der Waals surface area contributed by atoms with Crippen molar-refractivity contribution in [2.75, 3.05) is 13.7 Å². The van der Waals surface area contributed by atoms with Crippen LogP contribution in [-0.2, 0) is 11.2 Å². The molecule has 0 aliphatic heterocycles. The van der Waals surface area contributed by atoms with Gasteiger partial charge in [0, 0.05) is 19.4 Å². The molecule has 0 amide bonds. The largest absolute Gasteiger partial charge is 0.384 e. The Hall–Kier alpha value is 0.0600. The first-order valence-corrected chi connectivity index (χ1v) is 7.38. The maximum absolute atomic E-state index is 6.18. The average molecular weight is 367 g/mol. The summed E-state index contributed by atoms with van der Waals surface area (Å²) in [5.74, 6) is 1.38. The van der Waals surface area contributed by atoms with Gasteiger partial charge in [0.05, 0.1) is 15.9 Å². The van der Waals surface area contributed by atoms with E-state index in [0.29, 0.717) is 17.7 Å². The first-order chi connectivity index (χ1) is 8.22. The first kappa shape index (κ1) is 13.5. The maximum Gasteiger partial charge on any atom is 0.146 e. The number of halogens is 2. The molecule has 0 unspecified atom stereocenters. The van der Waals surface area contributed by atoms with Crippen LogP contribution in [0.15, 0.2) is 0 Å². The van der Waals surface area contributed by atoms with Gasteiger partial charge in [0.15, 0.2) is 0 Å². The fourth-order valence-electron chi connectivity index (χ4n) is 2.26. The summed E-state index contributed by atoms with van der Waals surface area (Å²) in [6.45, 7) is 0.640. The molecule has 0 saturated heterocycles. The van der Waals surface area contributed by atoms with Crippen LogP contribution in [0.1, 0.15) is 43.1 Å². The van der Waals surface area contributed by atoms with Gasteiger partial charge in [-0.2, -0.15) is 0 Å². The Morgan fingerprint density at radius 1 is 1.35 bits per heavy atom. The number of rotatable bonds is 4. The van der Waals surface area contributed by atoms with Crippen molar-refractivity contribution >= 4 is 34.2 Å². The molecular weight excluding hydrogens is 351 g/mol. The van der Waals surface area contributed by atoms with E-state index in [1.165, 1.54) is 25.7 Å². The highest BCUT2D eigenvalue weighted by Crippen LogP contribution is 2.36. The van der Waals surface area contributed by atoms with Crippen molar-refractivity contribution < 1.29 is 4.74 Å². The normalized spacial score (nSPS) is 16.6. The maximum atomic E-state index is 6.18. The van der Waals surface area contributed by atoms with E-state index in [-0.39, 0.29) is 0 Å². The van der Waals surface area contributed by atoms with Crippen LogP contribution in [0.3, 0.4) is 0 Å². The predicted molar refractivity (Wildman–Crippen MR) is 76.5 cm³/mol. The molecule has 0 spiro atoms. The Kier molecular flexibility index (Phi) is 4.99. The van der Waals surface area contributed by atoms with Gasteiger partial charge in [0.1, 0.15) is 11.0 Å². The summed E-state index contributed by atoms with van der Waals surface area (Å²) in [6.07, 6.45) is 5.79. The molecule has 17 heavy (non-hydrogen) atoms. The molecular formula is C12H16ClIN2O. The third-order valence-corrected chi connectivity index (χ3v) is 4.81. The Morgan fingerprint density at radius 3 is 2.71 bits per heavy atom. The summed E-state index contributed by atoms with van der Waals surface area (Å²) in [7, 11) is 1.69. The molecule has 0 aromatic carbocycles. The van der Waals surface area contributed by atoms with E-state index >= 15 is 0 Å². The number of hydrogen-bond acceptors (Lipinski definition) is 3. The highest BCUT2D eigenvalue weighted by molar-refractivity contribution is 14.1. The summed E-state index contributed by atoms with van der Waals surface area (Å²) < 4.78 is 6.08. The second-order valence-electron chi connectivity index (χ2n) is 4.35. The molecule has 0 atom stereocenters. The molecule has 1 fully saturated rings. The SMILES string of the molecule is COCCc1nc(Cl)c(I)c(C2CCCC2)n1. The molecule has 3 nitrogen and oxygen atoms in total. The quantitative estimate of drug-likeness (QED) is 0.603. The Labute approximate surface area is 120 Å². The van der Waals surface area contributed by atoms with Crippen LogP contribution in [0, 0.1) is 3.57 Å². The minimum Gasteiger partial charge on any atom is -0.384 e. The average Bonchev–Trinajstić information content (AvgIpc) is 2.84. The summed E-state index contributed by atoms with van der Waals surface area (Å²) in [4.78, 5) is 8.98. The molecule has 5 heteroatoms. The third-order valence-electron chi connectivity index (χ3n) is 3.15. The van der Waals surface area contributed by atoms with Crippen molar-refractivity contribution in [2.45, 2.75) is 38.0 Å². The Morgan fingerprint density at radius 2 is 2.06 bits per heavy atom. The van der Waals surface area contributed by atoms with Crippen LogP contribution < -0.4 is 0 Å². The van der Waals surface area contributed by atoms with E-state index in [2.05, 4.69) is 32.6 Å². The number of nitrogens with zero attached hydrogens (tertiary/aromatic N) is 2. The lowest BCUT2D eigenvalue weighted by Gasteiger charge is -2.13. The van der Waals surface area contributed by atoms with Crippen LogP contribution in [0.25, 0.3) is 0 Å². The van der Waals surface area contributed by atoms with Crippen molar-refractivity contribution in [3.8, 4) is 0 Å². The van der Waals surface area contributed by atoms with Gasteiger partial charge >= 0.3 is 0 Å². The minimum atomic E-state index is 0.573. The van der Waals surface area contributed by atoms with Gasteiger partial charge in [-0.3, -0.25) is 0 Å². The van der Waals surface area contributed by atoms with E-state index < -0.39 is 0 Å². The van der Waals surface area contributed by atoms with Crippen molar-refractivity contribution in [2.24, 2.45) is 0 Å². The smallest absolute Gasteiger partial charge is 0.146 e. The van der Waals surface area contributed by atoms with Crippen molar-refractivity contribution in [3.05, 3.63) is 20.2 Å². The lowest BCUT2D eigenvalue weighted by molar-refractivity contribution is 0.200. The van der Waals surface area contributed by atoms with Gasteiger partial charge in [-0.05, 0) is 35.4 Å². The molecule has 1 aromatic rings. The summed E-state index contributed by atoms with van der Waals surface area (Å²) in [5, 5.41) is 0.591. The predicted octanol–water partition coefficient (Wildman–Crippen LogP) is 3.58. The van der Waals surface area contributed by atoms with Gasteiger partial charge in [-0.25, -0.2) is 9.97 Å². The van der Waals surface area contributed by atoms with E-state index in [9.17, 15) is 0 Å². The lowest BCUT2D eigenvalue weighted by atomic mass is 10.0. The summed E-state index contributed by atoms with van der Waals surface area (Å²) >= 11 is 8.44. The molecule has 0 radical (unpaired) electrons. The van der Waals surface area contributed by atoms with Crippen LogP contribution in [0.5, 0.6) is 0 Å². The van der Waals surface area contributed by atoms with Crippen molar-refractivity contribution in [3.63, 3.8) is 0 Å². The first-order valence-electron chi connectivity index (χ1n) is 5.93. The second kappa shape index (κ2) is 6.29. The molecule has 0 N–H and O–H groups in total.